The van der Waals surface area contributed by atoms with Gasteiger partial charge < -0.3 is 9.80 Å². The third-order valence-corrected chi connectivity index (χ3v) is 6.10. The predicted octanol–water partition coefficient (Wildman–Crippen LogP) is 3.51. The van der Waals surface area contributed by atoms with E-state index in [-0.39, 0.29) is 5.91 Å². The van der Waals surface area contributed by atoms with E-state index in [1.807, 2.05) is 17.0 Å². The van der Waals surface area contributed by atoms with Gasteiger partial charge in [-0.1, -0.05) is 12.1 Å². The number of pyridine rings is 1. The third-order valence-electron chi connectivity index (χ3n) is 5.07. The van der Waals surface area contributed by atoms with Crippen molar-refractivity contribution in [2.75, 3.05) is 31.1 Å². The number of aromatic nitrogens is 3. The van der Waals surface area contributed by atoms with Crippen LogP contribution in [0.25, 0.3) is 21.1 Å². The van der Waals surface area contributed by atoms with Gasteiger partial charge in [-0.2, -0.15) is 0 Å². The van der Waals surface area contributed by atoms with Gasteiger partial charge in [0, 0.05) is 49.3 Å². The lowest BCUT2D eigenvalue weighted by molar-refractivity contribution is 0.0751. The van der Waals surface area contributed by atoms with Crippen molar-refractivity contribution in [2.45, 2.75) is 6.92 Å². The summed E-state index contributed by atoms with van der Waals surface area (Å²) in [6, 6.07) is 12.2. The number of anilines is 1. The van der Waals surface area contributed by atoms with Crippen LogP contribution in [-0.4, -0.2) is 51.9 Å². The molecule has 7 heteroatoms. The number of nitrogens with zero attached hydrogens (tertiary/aromatic N) is 5. The maximum atomic E-state index is 13.0. The molecule has 0 aliphatic carbocycles. The van der Waals surface area contributed by atoms with Crippen LogP contribution in [0.4, 0.5) is 5.95 Å². The van der Waals surface area contributed by atoms with E-state index in [1.54, 1.807) is 12.4 Å². The van der Waals surface area contributed by atoms with Crippen molar-refractivity contribution in [3.63, 3.8) is 0 Å². The Hall–Kier alpha value is -3.06. The molecular weight excluding hydrogens is 370 g/mol. The van der Waals surface area contributed by atoms with Gasteiger partial charge in [-0.3, -0.25) is 4.79 Å². The van der Waals surface area contributed by atoms with E-state index in [1.165, 1.54) is 16.9 Å². The lowest BCUT2D eigenvalue weighted by Crippen LogP contribution is -2.49. The van der Waals surface area contributed by atoms with Crippen molar-refractivity contribution in [1.82, 2.24) is 19.9 Å². The van der Waals surface area contributed by atoms with E-state index in [9.17, 15) is 4.79 Å². The maximum Gasteiger partial charge on any atom is 0.264 e. The van der Waals surface area contributed by atoms with Crippen molar-refractivity contribution >= 4 is 44.3 Å². The molecule has 0 spiro atoms. The van der Waals surface area contributed by atoms with E-state index in [2.05, 4.69) is 46.1 Å². The van der Waals surface area contributed by atoms with Gasteiger partial charge in [-0.25, -0.2) is 15.0 Å². The largest absolute Gasteiger partial charge is 0.337 e. The van der Waals surface area contributed by atoms with E-state index < -0.39 is 0 Å². The Morgan fingerprint density at radius 2 is 1.79 bits per heavy atom. The third kappa shape index (κ3) is 3.07. The van der Waals surface area contributed by atoms with Crippen molar-refractivity contribution in [1.29, 1.82) is 0 Å². The zero-order valence-corrected chi connectivity index (χ0v) is 16.3. The van der Waals surface area contributed by atoms with Crippen LogP contribution in [0.15, 0.2) is 48.8 Å². The van der Waals surface area contributed by atoms with Crippen LogP contribution < -0.4 is 4.90 Å². The van der Waals surface area contributed by atoms with Crippen LogP contribution >= 0.6 is 11.3 Å². The molecule has 140 valence electrons. The van der Waals surface area contributed by atoms with Gasteiger partial charge >= 0.3 is 0 Å². The molecule has 1 saturated heterocycles. The van der Waals surface area contributed by atoms with Crippen LogP contribution in [0, 0.1) is 6.92 Å². The van der Waals surface area contributed by atoms with Gasteiger partial charge in [0.05, 0.1) is 10.4 Å². The van der Waals surface area contributed by atoms with Crippen molar-refractivity contribution in [3.8, 4) is 0 Å². The molecule has 28 heavy (non-hydrogen) atoms. The summed E-state index contributed by atoms with van der Waals surface area (Å²) in [5, 5.41) is 2.13. The van der Waals surface area contributed by atoms with Gasteiger partial charge in [0.2, 0.25) is 5.95 Å². The maximum absolute atomic E-state index is 13.0. The number of piperazine rings is 1. The normalized spacial score (nSPS) is 14.8. The summed E-state index contributed by atoms with van der Waals surface area (Å²) in [6.45, 7) is 4.87. The van der Waals surface area contributed by atoms with Crippen LogP contribution in [0.2, 0.25) is 0 Å². The molecule has 4 heterocycles. The molecule has 5 rings (SSSR count). The highest BCUT2D eigenvalue weighted by atomic mass is 32.1. The van der Waals surface area contributed by atoms with Gasteiger partial charge in [0.25, 0.3) is 5.91 Å². The Morgan fingerprint density at radius 3 is 2.57 bits per heavy atom. The Bertz CT molecular complexity index is 1170. The Kier molecular flexibility index (Phi) is 4.16. The number of fused-ring (bicyclic) bond motifs is 2. The quantitative estimate of drug-likeness (QED) is 0.525. The SMILES string of the molecule is Cc1ccc2cc3cc(C(=O)N4CCN(c5ncccn5)CC4)sc3nc2c1. The summed E-state index contributed by atoms with van der Waals surface area (Å²) in [5.41, 5.74) is 2.16. The minimum atomic E-state index is 0.0804. The average molecular weight is 389 g/mol. The fraction of sp³-hybridized carbons (Fsp3) is 0.238. The molecular formula is C21H19N5OS. The standard InChI is InChI=1S/C21H19N5OS/c1-14-3-4-15-12-16-13-18(28-19(16)24-17(15)11-14)20(27)25-7-9-26(10-8-25)21-22-5-2-6-23-21/h2-6,11-13H,7-10H2,1H3. The highest BCUT2D eigenvalue weighted by Gasteiger charge is 2.24. The molecule has 3 aromatic heterocycles. The second kappa shape index (κ2) is 6.83. The molecule has 0 bridgehead atoms. The number of carbonyl (C=O) groups excluding carboxylic acids is 1. The highest BCUT2D eigenvalue weighted by Crippen LogP contribution is 2.29. The first-order chi connectivity index (χ1) is 13.7. The highest BCUT2D eigenvalue weighted by molar-refractivity contribution is 7.20. The molecule has 0 saturated carbocycles. The molecule has 0 radical (unpaired) electrons. The van der Waals surface area contributed by atoms with E-state index in [4.69, 9.17) is 4.98 Å². The first-order valence-corrected chi connectivity index (χ1v) is 10.1. The van der Waals surface area contributed by atoms with E-state index >= 15 is 0 Å². The van der Waals surface area contributed by atoms with Crippen molar-refractivity contribution < 1.29 is 4.79 Å². The van der Waals surface area contributed by atoms with Gasteiger partial charge in [-0.15, -0.1) is 11.3 Å². The molecule has 0 N–H and O–H groups in total. The number of benzene rings is 1. The number of hydrogen-bond donors (Lipinski definition) is 0. The first-order valence-electron chi connectivity index (χ1n) is 9.29. The summed E-state index contributed by atoms with van der Waals surface area (Å²) >= 11 is 1.48. The second-order valence-electron chi connectivity index (χ2n) is 7.02. The van der Waals surface area contributed by atoms with E-state index in [0.29, 0.717) is 13.1 Å². The molecule has 1 fully saturated rings. The fourth-order valence-electron chi connectivity index (χ4n) is 3.56. The molecule has 6 nitrogen and oxygen atoms in total. The number of carbonyl (C=O) groups is 1. The Labute approximate surface area is 166 Å². The van der Waals surface area contributed by atoms with Gasteiger partial charge in [0.15, 0.2) is 0 Å². The van der Waals surface area contributed by atoms with E-state index in [0.717, 1.165) is 45.0 Å². The first kappa shape index (κ1) is 17.1. The molecule has 1 aliphatic heterocycles. The summed E-state index contributed by atoms with van der Waals surface area (Å²) in [7, 11) is 0. The number of aryl methyl sites for hydroxylation is 1. The summed E-state index contributed by atoms with van der Waals surface area (Å²) < 4.78 is 0. The topological polar surface area (TPSA) is 62.2 Å². The van der Waals surface area contributed by atoms with Crippen LogP contribution in [0.1, 0.15) is 15.2 Å². The van der Waals surface area contributed by atoms with Crippen LogP contribution in [0.3, 0.4) is 0 Å². The zero-order valence-electron chi connectivity index (χ0n) is 15.5. The fourth-order valence-corrected chi connectivity index (χ4v) is 4.55. The summed E-state index contributed by atoms with van der Waals surface area (Å²) in [4.78, 5) is 32.1. The number of thiophene rings is 1. The monoisotopic (exact) mass is 389 g/mol. The van der Waals surface area contributed by atoms with Gasteiger partial charge in [-0.05, 0) is 36.8 Å². The van der Waals surface area contributed by atoms with Crippen LogP contribution in [0.5, 0.6) is 0 Å². The lowest BCUT2D eigenvalue weighted by Gasteiger charge is -2.34. The Morgan fingerprint density at radius 1 is 1.00 bits per heavy atom. The second-order valence-corrected chi connectivity index (χ2v) is 8.05. The average Bonchev–Trinajstić information content (AvgIpc) is 3.15. The van der Waals surface area contributed by atoms with Crippen molar-refractivity contribution in [3.05, 3.63) is 59.2 Å². The predicted molar refractivity (Wildman–Crippen MR) is 112 cm³/mol. The minimum Gasteiger partial charge on any atom is -0.337 e. The molecule has 4 aromatic rings. The number of rotatable bonds is 2. The number of amides is 1. The van der Waals surface area contributed by atoms with Gasteiger partial charge in [0.1, 0.15) is 4.83 Å². The van der Waals surface area contributed by atoms with Crippen LogP contribution in [-0.2, 0) is 0 Å². The Balaban J connectivity index is 1.36. The molecule has 0 atom stereocenters. The molecule has 1 aliphatic rings. The number of hydrogen-bond acceptors (Lipinski definition) is 6. The smallest absolute Gasteiger partial charge is 0.264 e. The summed E-state index contributed by atoms with van der Waals surface area (Å²) in [5.74, 6) is 0.805. The zero-order chi connectivity index (χ0) is 19.1. The minimum absolute atomic E-state index is 0.0804. The molecule has 0 unspecified atom stereocenters. The van der Waals surface area contributed by atoms with Crippen molar-refractivity contribution in [2.24, 2.45) is 0 Å². The summed E-state index contributed by atoms with van der Waals surface area (Å²) in [6.07, 6.45) is 3.49. The lowest BCUT2D eigenvalue weighted by atomic mass is 10.1. The molecule has 1 aromatic carbocycles. The molecule has 1 amide bonds.